The van der Waals surface area contributed by atoms with Crippen LogP contribution in [0.3, 0.4) is 0 Å². The number of thioether (sulfide) groups is 1. The molecule has 0 unspecified atom stereocenters. The van der Waals surface area contributed by atoms with Crippen LogP contribution in [0, 0.1) is 0 Å². The number of hydrogen-bond acceptors (Lipinski definition) is 4. The van der Waals surface area contributed by atoms with Gasteiger partial charge in [-0.05, 0) is 14.1 Å². The third-order valence-electron chi connectivity index (χ3n) is 1.42. The number of aliphatic imine (C=N–C) groups is 1. The number of hydrogen-bond donors (Lipinski definition) is 1. The summed E-state index contributed by atoms with van der Waals surface area (Å²) >= 11 is 1.81. The molecule has 0 amide bonds. The molecule has 1 aliphatic rings. The van der Waals surface area contributed by atoms with Crippen LogP contribution in [-0.4, -0.2) is 49.6 Å². The summed E-state index contributed by atoms with van der Waals surface area (Å²) in [6, 6.07) is 0. The zero-order valence-electron chi connectivity index (χ0n) is 7.13. The summed E-state index contributed by atoms with van der Waals surface area (Å²) in [5, 5.41) is 4.34. The van der Waals surface area contributed by atoms with Gasteiger partial charge < -0.3 is 10.2 Å². The Morgan fingerprint density at radius 1 is 1.64 bits per heavy atom. The SMILES string of the molecule is CN(C)CCSC1=NCCN1. The maximum Gasteiger partial charge on any atom is 0.156 e. The van der Waals surface area contributed by atoms with Crippen LogP contribution in [0.2, 0.25) is 0 Å². The van der Waals surface area contributed by atoms with E-state index in [4.69, 9.17) is 0 Å². The molecule has 0 saturated carbocycles. The molecule has 0 bridgehead atoms. The molecule has 11 heavy (non-hydrogen) atoms. The first-order valence-electron chi connectivity index (χ1n) is 3.85. The molecular formula is C7H15N3S. The normalized spacial score (nSPS) is 16.8. The first-order chi connectivity index (χ1) is 5.29. The molecule has 0 atom stereocenters. The van der Waals surface area contributed by atoms with Crippen LogP contribution in [0.1, 0.15) is 0 Å². The van der Waals surface area contributed by atoms with Crippen molar-refractivity contribution in [1.82, 2.24) is 10.2 Å². The maximum atomic E-state index is 4.28. The third-order valence-corrected chi connectivity index (χ3v) is 2.35. The van der Waals surface area contributed by atoms with Crippen LogP contribution in [0.4, 0.5) is 0 Å². The fourth-order valence-electron chi connectivity index (χ4n) is 0.798. The second-order valence-electron chi connectivity index (χ2n) is 2.77. The Bertz CT molecular complexity index is 145. The van der Waals surface area contributed by atoms with Crippen molar-refractivity contribution in [2.75, 3.05) is 39.5 Å². The molecule has 64 valence electrons. The van der Waals surface area contributed by atoms with Crippen molar-refractivity contribution in [2.45, 2.75) is 0 Å². The van der Waals surface area contributed by atoms with E-state index in [2.05, 4.69) is 29.3 Å². The minimum Gasteiger partial charge on any atom is -0.363 e. The van der Waals surface area contributed by atoms with Crippen molar-refractivity contribution in [3.8, 4) is 0 Å². The van der Waals surface area contributed by atoms with Crippen LogP contribution in [0.15, 0.2) is 4.99 Å². The van der Waals surface area contributed by atoms with E-state index < -0.39 is 0 Å². The van der Waals surface area contributed by atoms with Crippen molar-refractivity contribution in [2.24, 2.45) is 4.99 Å². The Morgan fingerprint density at radius 3 is 3.00 bits per heavy atom. The van der Waals surface area contributed by atoms with Gasteiger partial charge in [0.15, 0.2) is 5.17 Å². The number of amidine groups is 1. The molecule has 0 aromatic rings. The van der Waals surface area contributed by atoms with Crippen molar-refractivity contribution in [1.29, 1.82) is 0 Å². The summed E-state index contributed by atoms with van der Waals surface area (Å²) < 4.78 is 0. The monoisotopic (exact) mass is 173 g/mol. The fourth-order valence-corrected chi connectivity index (χ4v) is 1.83. The third kappa shape index (κ3) is 3.62. The van der Waals surface area contributed by atoms with Gasteiger partial charge in [0.1, 0.15) is 0 Å². The van der Waals surface area contributed by atoms with Gasteiger partial charge in [-0.15, -0.1) is 0 Å². The molecule has 1 aliphatic heterocycles. The highest BCUT2D eigenvalue weighted by atomic mass is 32.2. The Hall–Kier alpha value is -0.220. The van der Waals surface area contributed by atoms with Gasteiger partial charge in [0, 0.05) is 18.8 Å². The highest BCUT2D eigenvalue weighted by Gasteiger charge is 2.04. The largest absolute Gasteiger partial charge is 0.363 e. The summed E-state index contributed by atoms with van der Waals surface area (Å²) in [7, 11) is 4.18. The molecule has 0 aliphatic carbocycles. The Balaban J connectivity index is 2.03. The number of rotatable bonds is 3. The van der Waals surface area contributed by atoms with Crippen molar-refractivity contribution >= 4 is 16.9 Å². The quantitative estimate of drug-likeness (QED) is 0.662. The molecule has 0 aromatic carbocycles. The first kappa shape index (κ1) is 8.87. The number of nitrogens with one attached hydrogen (secondary N) is 1. The van der Waals surface area contributed by atoms with Crippen LogP contribution in [-0.2, 0) is 0 Å². The Kier molecular flexibility index (Phi) is 3.72. The van der Waals surface area contributed by atoms with Gasteiger partial charge in [-0.25, -0.2) is 0 Å². The van der Waals surface area contributed by atoms with Crippen molar-refractivity contribution in [3.63, 3.8) is 0 Å². The maximum absolute atomic E-state index is 4.28. The summed E-state index contributed by atoms with van der Waals surface area (Å²) in [5.74, 6) is 1.12. The zero-order valence-corrected chi connectivity index (χ0v) is 7.95. The average molecular weight is 173 g/mol. The van der Waals surface area contributed by atoms with Gasteiger partial charge in [0.2, 0.25) is 0 Å². The van der Waals surface area contributed by atoms with E-state index in [0.29, 0.717) is 0 Å². The molecule has 0 spiro atoms. The van der Waals surface area contributed by atoms with Crippen molar-refractivity contribution < 1.29 is 0 Å². The minimum atomic E-state index is 0.949. The van der Waals surface area contributed by atoms with E-state index >= 15 is 0 Å². The Labute approximate surface area is 72.3 Å². The fraction of sp³-hybridized carbons (Fsp3) is 0.857. The smallest absolute Gasteiger partial charge is 0.156 e. The molecule has 4 heteroatoms. The highest BCUT2D eigenvalue weighted by Crippen LogP contribution is 2.04. The van der Waals surface area contributed by atoms with Crippen LogP contribution >= 0.6 is 11.8 Å². The summed E-state index contributed by atoms with van der Waals surface area (Å²) in [5.41, 5.74) is 0. The topological polar surface area (TPSA) is 27.6 Å². The molecule has 0 radical (unpaired) electrons. The van der Waals surface area contributed by atoms with E-state index in [1.807, 2.05) is 11.8 Å². The van der Waals surface area contributed by atoms with E-state index in [1.54, 1.807) is 0 Å². The van der Waals surface area contributed by atoms with Crippen LogP contribution < -0.4 is 5.32 Å². The molecule has 0 fully saturated rings. The van der Waals surface area contributed by atoms with E-state index in [-0.39, 0.29) is 0 Å². The van der Waals surface area contributed by atoms with Gasteiger partial charge in [0.25, 0.3) is 0 Å². The molecule has 0 saturated heterocycles. The predicted molar refractivity (Wildman–Crippen MR) is 51.3 cm³/mol. The van der Waals surface area contributed by atoms with E-state index in [9.17, 15) is 0 Å². The molecule has 1 heterocycles. The van der Waals surface area contributed by atoms with Crippen molar-refractivity contribution in [3.05, 3.63) is 0 Å². The highest BCUT2D eigenvalue weighted by molar-refractivity contribution is 8.13. The minimum absolute atomic E-state index is 0.949. The molecule has 1 rings (SSSR count). The predicted octanol–water partition coefficient (Wildman–Crippen LogP) is 0.240. The van der Waals surface area contributed by atoms with Gasteiger partial charge in [-0.1, -0.05) is 11.8 Å². The lowest BCUT2D eigenvalue weighted by Crippen LogP contribution is -2.19. The van der Waals surface area contributed by atoms with E-state index in [0.717, 1.165) is 30.6 Å². The van der Waals surface area contributed by atoms with Gasteiger partial charge >= 0.3 is 0 Å². The lowest BCUT2D eigenvalue weighted by Gasteiger charge is -2.08. The lowest BCUT2D eigenvalue weighted by molar-refractivity contribution is 0.437. The molecule has 0 aromatic heterocycles. The molecule has 3 nitrogen and oxygen atoms in total. The van der Waals surface area contributed by atoms with Gasteiger partial charge in [0.05, 0.1) is 6.54 Å². The molecular weight excluding hydrogens is 158 g/mol. The lowest BCUT2D eigenvalue weighted by atomic mass is 10.7. The summed E-state index contributed by atoms with van der Waals surface area (Å²) in [6.45, 7) is 3.08. The summed E-state index contributed by atoms with van der Waals surface area (Å²) in [4.78, 5) is 6.47. The Morgan fingerprint density at radius 2 is 2.45 bits per heavy atom. The molecule has 1 N–H and O–H groups in total. The van der Waals surface area contributed by atoms with Gasteiger partial charge in [-0.2, -0.15) is 0 Å². The van der Waals surface area contributed by atoms with Crippen LogP contribution in [0.25, 0.3) is 0 Å². The van der Waals surface area contributed by atoms with Crippen LogP contribution in [0.5, 0.6) is 0 Å². The zero-order chi connectivity index (χ0) is 8.10. The second kappa shape index (κ2) is 4.62. The average Bonchev–Trinajstić information content (AvgIpc) is 2.39. The number of nitrogens with zero attached hydrogens (tertiary/aromatic N) is 2. The van der Waals surface area contributed by atoms with E-state index in [1.165, 1.54) is 0 Å². The summed E-state index contributed by atoms with van der Waals surface area (Å²) in [6.07, 6.45) is 0. The first-order valence-corrected chi connectivity index (χ1v) is 4.83. The standard InChI is InChI=1S/C7H15N3S/c1-10(2)5-6-11-7-8-3-4-9-7/h3-6H2,1-2H3,(H,8,9). The van der Waals surface area contributed by atoms with Gasteiger partial charge in [-0.3, -0.25) is 4.99 Å². The second-order valence-corrected chi connectivity index (χ2v) is 3.85.